The molecule has 5 rings (SSSR count). The number of aryl methyl sites for hydroxylation is 1. The van der Waals surface area contributed by atoms with E-state index in [1.165, 1.54) is 35.4 Å². The van der Waals surface area contributed by atoms with E-state index in [9.17, 15) is 9.18 Å². The van der Waals surface area contributed by atoms with Gasteiger partial charge in [0.2, 0.25) is 5.88 Å². The Morgan fingerprint density at radius 1 is 1.17 bits per heavy atom. The van der Waals surface area contributed by atoms with Crippen LogP contribution in [0, 0.1) is 18.7 Å². The van der Waals surface area contributed by atoms with E-state index >= 15 is 0 Å². The third kappa shape index (κ3) is 3.10. The smallest absolute Gasteiger partial charge is 0.256 e. The molecule has 3 aromatic rings. The molecule has 2 fully saturated rings. The summed E-state index contributed by atoms with van der Waals surface area (Å²) in [6.45, 7) is 3.90. The first-order valence-electron chi connectivity index (χ1n) is 9.95. The summed E-state index contributed by atoms with van der Waals surface area (Å²) in [7, 11) is 0. The van der Waals surface area contributed by atoms with Gasteiger partial charge in [0, 0.05) is 6.04 Å². The molecule has 1 saturated heterocycles. The highest BCUT2D eigenvalue weighted by Gasteiger charge is 2.53. The fourth-order valence-corrected chi connectivity index (χ4v) is 4.62. The van der Waals surface area contributed by atoms with Crippen molar-refractivity contribution < 1.29 is 13.9 Å². The predicted octanol–water partition coefficient (Wildman–Crippen LogP) is 2.58. The van der Waals surface area contributed by atoms with Crippen molar-refractivity contribution in [2.24, 2.45) is 5.92 Å². The van der Waals surface area contributed by atoms with Crippen LogP contribution >= 0.6 is 0 Å². The maximum Gasteiger partial charge on any atom is 0.256 e. The van der Waals surface area contributed by atoms with Crippen LogP contribution in [0.1, 0.15) is 35.8 Å². The molecule has 1 amide bonds. The van der Waals surface area contributed by atoms with Crippen molar-refractivity contribution >= 4 is 5.91 Å². The Labute approximate surface area is 172 Å². The number of ether oxygens (including phenoxy) is 1. The fourth-order valence-electron chi connectivity index (χ4n) is 4.62. The number of hydrogen-bond donors (Lipinski definition) is 0. The van der Waals surface area contributed by atoms with E-state index in [1.807, 2.05) is 18.7 Å². The number of benzene rings is 1. The molecule has 2 aromatic heterocycles. The predicted molar refractivity (Wildman–Crippen MR) is 105 cm³/mol. The van der Waals surface area contributed by atoms with Crippen LogP contribution in [0.3, 0.4) is 0 Å². The molecule has 1 aliphatic carbocycles. The van der Waals surface area contributed by atoms with Gasteiger partial charge in [-0.3, -0.25) is 9.78 Å². The molecule has 2 bridgehead atoms. The number of nitrogens with zero attached hydrogens (tertiary/aromatic N) is 6. The summed E-state index contributed by atoms with van der Waals surface area (Å²) in [5.41, 5.74) is 1.49. The summed E-state index contributed by atoms with van der Waals surface area (Å²) in [5, 5.41) is 8.21. The van der Waals surface area contributed by atoms with Crippen LogP contribution in [0.2, 0.25) is 0 Å². The summed E-state index contributed by atoms with van der Waals surface area (Å²) in [6, 6.07) is 4.01. The number of amides is 1. The summed E-state index contributed by atoms with van der Waals surface area (Å²) in [4.78, 5) is 25.2. The number of aromatic nitrogens is 5. The molecule has 1 aromatic carbocycles. The molecule has 8 nitrogen and oxygen atoms in total. The highest BCUT2D eigenvalue weighted by atomic mass is 19.1. The van der Waals surface area contributed by atoms with Gasteiger partial charge in [-0.15, -0.1) is 0 Å². The highest BCUT2D eigenvalue weighted by molar-refractivity contribution is 5.98. The molecular formula is C21H21FN6O2. The zero-order valence-electron chi connectivity index (χ0n) is 16.6. The minimum absolute atomic E-state index is 0.0353. The molecule has 1 saturated carbocycles. The molecule has 4 unspecified atom stereocenters. The van der Waals surface area contributed by atoms with E-state index in [1.54, 1.807) is 12.4 Å². The second-order valence-corrected chi connectivity index (χ2v) is 7.88. The van der Waals surface area contributed by atoms with Crippen molar-refractivity contribution in [3.05, 3.63) is 60.1 Å². The molecular weight excluding hydrogens is 387 g/mol. The zero-order chi connectivity index (χ0) is 20.8. The third-order valence-corrected chi connectivity index (χ3v) is 6.07. The maximum atomic E-state index is 14.1. The van der Waals surface area contributed by atoms with Crippen molar-refractivity contribution in [3.63, 3.8) is 0 Å². The third-order valence-electron chi connectivity index (χ3n) is 6.07. The Morgan fingerprint density at radius 2 is 1.97 bits per heavy atom. The van der Waals surface area contributed by atoms with Gasteiger partial charge in [0.25, 0.3) is 5.91 Å². The molecule has 9 heteroatoms. The summed E-state index contributed by atoms with van der Waals surface area (Å²) in [6.07, 6.45) is 7.82. The van der Waals surface area contributed by atoms with Crippen molar-refractivity contribution in [1.82, 2.24) is 29.9 Å². The molecule has 0 N–H and O–H groups in total. The second kappa shape index (κ2) is 7.16. The number of carbonyl (C=O) groups is 1. The normalized spacial score (nSPS) is 25.0. The van der Waals surface area contributed by atoms with Gasteiger partial charge in [-0.2, -0.15) is 15.0 Å². The van der Waals surface area contributed by atoms with Crippen molar-refractivity contribution in [3.8, 4) is 11.6 Å². The molecule has 30 heavy (non-hydrogen) atoms. The van der Waals surface area contributed by atoms with Crippen LogP contribution in [0.25, 0.3) is 5.69 Å². The number of hydrogen-bond acceptors (Lipinski definition) is 6. The average molecular weight is 408 g/mol. The van der Waals surface area contributed by atoms with E-state index in [2.05, 4.69) is 20.2 Å². The molecule has 154 valence electrons. The topological polar surface area (TPSA) is 86.0 Å². The second-order valence-electron chi connectivity index (χ2n) is 7.88. The lowest BCUT2D eigenvalue weighted by molar-refractivity contribution is 0.0312. The number of piperidine rings is 1. The van der Waals surface area contributed by atoms with Gasteiger partial charge in [0.05, 0.1) is 47.8 Å². The minimum atomic E-state index is -0.478. The van der Waals surface area contributed by atoms with Crippen LogP contribution < -0.4 is 4.74 Å². The Morgan fingerprint density at radius 3 is 2.67 bits per heavy atom. The lowest BCUT2D eigenvalue weighted by atomic mass is 9.98. The average Bonchev–Trinajstić information content (AvgIpc) is 3.46. The Balaban J connectivity index is 1.45. The Kier molecular flexibility index (Phi) is 4.45. The number of likely N-dealkylation sites (tertiary alicyclic amines) is 1. The van der Waals surface area contributed by atoms with Gasteiger partial charge in [0.1, 0.15) is 11.9 Å². The van der Waals surface area contributed by atoms with Gasteiger partial charge in [-0.1, -0.05) is 0 Å². The van der Waals surface area contributed by atoms with Crippen LogP contribution in [0.15, 0.2) is 43.0 Å². The lowest BCUT2D eigenvalue weighted by Gasteiger charge is -2.37. The fraction of sp³-hybridized carbons (Fsp3) is 0.381. The standard InChI is InChI=1S/C21H21FN6O2/c1-12-10-24-20(11-23-12)30-19-8-14-7-18(19)27(13(14)2)21(29)16-9-15(22)3-4-17(16)28-25-5-6-26-28/h3-6,9-11,13-14,18-19H,7-8H2,1-2H3. The lowest BCUT2D eigenvalue weighted by Crippen LogP contribution is -2.51. The van der Waals surface area contributed by atoms with Gasteiger partial charge in [-0.05, 0) is 50.8 Å². The zero-order valence-corrected chi connectivity index (χ0v) is 16.6. The van der Waals surface area contributed by atoms with Crippen molar-refractivity contribution in [2.75, 3.05) is 0 Å². The van der Waals surface area contributed by atoms with E-state index in [0.717, 1.165) is 18.5 Å². The number of rotatable bonds is 4. The number of halogens is 1. The van der Waals surface area contributed by atoms with Gasteiger partial charge in [-0.25, -0.2) is 9.37 Å². The Hall–Kier alpha value is -3.36. The molecule has 2 aliphatic rings. The van der Waals surface area contributed by atoms with Gasteiger partial charge >= 0.3 is 0 Å². The largest absolute Gasteiger partial charge is 0.471 e. The van der Waals surface area contributed by atoms with Crippen LogP contribution in [0.5, 0.6) is 5.88 Å². The quantitative estimate of drug-likeness (QED) is 0.660. The molecule has 0 spiro atoms. The van der Waals surface area contributed by atoms with E-state index in [4.69, 9.17) is 4.74 Å². The summed E-state index contributed by atoms with van der Waals surface area (Å²) in [5.74, 6) is 0.0478. The van der Waals surface area contributed by atoms with Gasteiger partial charge < -0.3 is 9.64 Å². The first kappa shape index (κ1) is 18.7. The summed E-state index contributed by atoms with van der Waals surface area (Å²) >= 11 is 0. The maximum absolute atomic E-state index is 14.1. The van der Waals surface area contributed by atoms with Gasteiger partial charge in [0.15, 0.2) is 0 Å². The van der Waals surface area contributed by atoms with Crippen molar-refractivity contribution in [1.29, 1.82) is 0 Å². The first-order chi connectivity index (χ1) is 14.5. The minimum Gasteiger partial charge on any atom is -0.471 e. The van der Waals surface area contributed by atoms with Crippen LogP contribution in [-0.2, 0) is 0 Å². The number of carbonyl (C=O) groups excluding carboxylic acids is 1. The molecule has 4 atom stereocenters. The molecule has 1 aliphatic heterocycles. The van der Waals surface area contributed by atoms with E-state index < -0.39 is 5.82 Å². The molecule has 0 radical (unpaired) electrons. The monoisotopic (exact) mass is 408 g/mol. The van der Waals surface area contributed by atoms with Crippen LogP contribution in [-0.4, -0.2) is 54.0 Å². The molecule has 3 heterocycles. The van der Waals surface area contributed by atoms with E-state index in [-0.39, 0.29) is 29.7 Å². The Bertz CT molecular complexity index is 1070. The van der Waals surface area contributed by atoms with Crippen molar-refractivity contribution in [2.45, 2.75) is 44.9 Å². The number of fused-ring (bicyclic) bond motifs is 2. The first-order valence-corrected chi connectivity index (χ1v) is 9.95. The summed E-state index contributed by atoms with van der Waals surface area (Å²) < 4.78 is 20.1. The highest BCUT2D eigenvalue weighted by Crippen LogP contribution is 2.44. The van der Waals surface area contributed by atoms with Crippen LogP contribution in [0.4, 0.5) is 4.39 Å². The SMILES string of the molecule is Cc1cnc(OC2CC3CC2N(C(=O)c2cc(F)ccc2-n2nccn2)C3C)cn1. The van der Waals surface area contributed by atoms with E-state index in [0.29, 0.717) is 17.5 Å².